The monoisotopic (exact) mass is 270 g/mol. The van der Waals surface area contributed by atoms with Gasteiger partial charge in [0.05, 0.1) is 0 Å². The summed E-state index contributed by atoms with van der Waals surface area (Å²) >= 11 is 2.02. The molecule has 2 aliphatic rings. The van der Waals surface area contributed by atoms with Gasteiger partial charge in [-0.05, 0) is 44.6 Å². The van der Waals surface area contributed by atoms with Gasteiger partial charge in [0.2, 0.25) is 5.91 Å². The molecule has 0 bridgehead atoms. The molecule has 1 atom stereocenters. The third-order valence-electron chi connectivity index (χ3n) is 4.44. The van der Waals surface area contributed by atoms with Crippen molar-refractivity contribution in [2.45, 2.75) is 44.3 Å². The van der Waals surface area contributed by atoms with Crippen molar-refractivity contribution in [2.24, 2.45) is 17.6 Å². The van der Waals surface area contributed by atoms with Crippen LogP contribution in [0, 0.1) is 11.8 Å². The van der Waals surface area contributed by atoms with Crippen LogP contribution in [0.1, 0.15) is 39.0 Å². The average molecular weight is 270 g/mol. The smallest absolute Gasteiger partial charge is 0.225 e. The fourth-order valence-corrected chi connectivity index (χ4v) is 4.25. The Morgan fingerprint density at radius 1 is 1.33 bits per heavy atom. The summed E-state index contributed by atoms with van der Waals surface area (Å²) in [4.78, 5) is 14.6. The summed E-state index contributed by atoms with van der Waals surface area (Å²) in [5, 5.41) is 0.656. The molecule has 1 aliphatic heterocycles. The Hall–Kier alpha value is -0.220. The zero-order valence-electron chi connectivity index (χ0n) is 11.4. The second kappa shape index (κ2) is 6.80. The zero-order chi connectivity index (χ0) is 13.0. The third kappa shape index (κ3) is 3.41. The number of thioether (sulfide) groups is 1. The van der Waals surface area contributed by atoms with Crippen LogP contribution in [-0.2, 0) is 4.79 Å². The molecule has 1 saturated heterocycles. The fourth-order valence-electron chi connectivity index (χ4n) is 3.07. The molecule has 4 heteroatoms. The molecular weight excluding hydrogens is 244 g/mol. The maximum Gasteiger partial charge on any atom is 0.225 e. The number of hydrogen-bond donors (Lipinski definition) is 1. The molecule has 1 unspecified atom stereocenters. The van der Waals surface area contributed by atoms with E-state index in [2.05, 4.69) is 11.8 Å². The van der Waals surface area contributed by atoms with Gasteiger partial charge < -0.3 is 10.6 Å². The van der Waals surface area contributed by atoms with Crippen LogP contribution in [0.5, 0.6) is 0 Å². The van der Waals surface area contributed by atoms with Gasteiger partial charge in [-0.3, -0.25) is 4.79 Å². The normalized spacial score (nSPS) is 33.4. The Kier molecular flexibility index (Phi) is 5.37. The Morgan fingerprint density at radius 3 is 2.67 bits per heavy atom. The molecule has 1 amide bonds. The second-order valence-electron chi connectivity index (χ2n) is 5.64. The molecule has 0 aromatic heterocycles. The molecular formula is C14H26N2OS. The number of nitrogens with two attached hydrogens (primary N) is 1. The van der Waals surface area contributed by atoms with Crippen LogP contribution in [0.25, 0.3) is 0 Å². The van der Waals surface area contributed by atoms with E-state index in [9.17, 15) is 4.79 Å². The standard InChI is InChI=1S/C14H26N2OS/c1-2-13-10-16(7-8-18-13)14(17)12-5-3-11(9-15)4-6-12/h11-13H,2-10,15H2,1H3. The van der Waals surface area contributed by atoms with E-state index in [1.54, 1.807) is 0 Å². The molecule has 2 N–H and O–H groups in total. The number of amides is 1. The van der Waals surface area contributed by atoms with E-state index in [0.29, 0.717) is 17.1 Å². The lowest BCUT2D eigenvalue weighted by molar-refractivity contribution is -0.136. The molecule has 0 aromatic carbocycles. The molecule has 0 aromatic rings. The van der Waals surface area contributed by atoms with E-state index < -0.39 is 0 Å². The Labute approximate surface area is 115 Å². The van der Waals surface area contributed by atoms with Gasteiger partial charge in [0.25, 0.3) is 0 Å². The van der Waals surface area contributed by atoms with E-state index in [1.165, 1.54) is 6.42 Å². The van der Waals surface area contributed by atoms with Gasteiger partial charge in [-0.2, -0.15) is 11.8 Å². The molecule has 3 nitrogen and oxygen atoms in total. The van der Waals surface area contributed by atoms with Crippen molar-refractivity contribution in [3.8, 4) is 0 Å². The highest BCUT2D eigenvalue weighted by Crippen LogP contribution is 2.31. The summed E-state index contributed by atoms with van der Waals surface area (Å²) in [6.45, 7) is 4.94. The summed E-state index contributed by atoms with van der Waals surface area (Å²) in [5.41, 5.74) is 5.71. The SMILES string of the molecule is CCC1CN(C(=O)C2CCC(CN)CC2)CCS1. The number of carbonyl (C=O) groups excluding carboxylic acids is 1. The number of nitrogens with zero attached hydrogens (tertiary/aromatic N) is 1. The molecule has 2 rings (SSSR count). The highest BCUT2D eigenvalue weighted by molar-refractivity contribution is 8.00. The predicted molar refractivity (Wildman–Crippen MR) is 77.6 cm³/mol. The van der Waals surface area contributed by atoms with Crippen LogP contribution in [-0.4, -0.2) is 41.4 Å². The minimum atomic E-state index is 0.286. The Balaban J connectivity index is 1.83. The van der Waals surface area contributed by atoms with Crippen molar-refractivity contribution in [3.63, 3.8) is 0 Å². The summed E-state index contributed by atoms with van der Waals surface area (Å²) in [5.74, 6) is 2.48. The van der Waals surface area contributed by atoms with Gasteiger partial charge in [0.15, 0.2) is 0 Å². The van der Waals surface area contributed by atoms with Crippen molar-refractivity contribution < 1.29 is 4.79 Å². The maximum absolute atomic E-state index is 12.5. The van der Waals surface area contributed by atoms with Gasteiger partial charge in [-0.15, -0.1) is 0 Å². The van der Waals surface area contributed by atoms with Gasteiger partial charge in [0, 0.05) is 30.0 Å². The van der Waals surface area contributed by atoms with E-state index in [-0.39, 0.29) is 5.92 Å². The summed E-state index contributed by atoms with van der Waals surface area (Å²) < 4.78 is 0. The van der Waals surface area contributed by atoms with Crippen LogP contribution in [0.15, 0.2) is 0 Å². The lowest BCUT2D eigenvalue weighted by atomic mass is 9.81. The van der Waals surface area contributed by atoms with Crippen LogP contribution in [0.4, 0.5) is 0 Å². The molecule has 0 spiro atoms. The van der Waals surface area contributed by atoms with Gasteiger partial charge >= 0.3 is 0 Å². The van der Waals surface area contributed by atoms with Gasteiger partial charge in [0.1, 0.15) is 0 Å². The molecule has 2 fully saturated rings. The molecule has 18 heavy (non-hydrogen) atoms. The van der Waals surface area contributed by atoms with Crippen LogP contribution in [0.2, 0.25) is 0 Å². The molecule has 0 radical (unpaired) electrons. The summed E-state index contributed by atoms with van der Waals surface area (Å²) in [6, 6.07) is 0. The quantitative estimate of drug-likeness (QED) is 0.854. The first-order chi connectivity index (χ1) is 8.74. The van der Waals surface area contributed by atoms with E-state index in [0.717, 1.165) is 51.1 Å². The Bertz CT molecular complexity index is 277. The molecule has 1 saturated carbocycles. The first-order valence-corrected chi connectivity index (χ1v) is 8.40. The topological polar surface area (TPSA) is 46.3 Å². The lowest BCUT2D eigenvalue weighted by Gasteiger charge is -2.36. The van der Waals surface area contributed by atoms with Gasteiger partial charge in [-0.25, -0.2) is 0 Å². The van der Waals surface area contributed by atoms with Crippen LogP contribution in [0.3, 0.4) is 0 Å². The highest BCUT2D eigenvalue weighted by atomic mass is 32.2. The van der Waals surface area contributed by atoms with Gasteiger partial charge in [-0.1, -0.05) is 6.92 Å². The lowest BCUT2D eigenvalue weighted by Crippen LogP contribution is -2.45. The van der Waals surface area contributed by atoms with E-state index in [4.69, 9.17) is 5.73 Å². The number of hydrogen-bond acceptors (Lipinski definition) is 3. The first-order valence-electron chi connectivity index (χ1n) is 7.35. The average Bonchev–Trinajstić information content (AvgIpc) is 2.46. The zero-order valence-corrected chi connectivity index (χ0v) is 12.3. The van der Waals surface area contributed by atoms with E-state index in [1.807, 2.05) is 11.8 Å². The van der Waals surface area contributed by atoms with E-state index >= 15 is 0 Å². The van der Waals surface area contributed by atoms with Crippen molar-refractivity contribution in [3.05, 3.63) is 0 Å². The molecule has 104 valence electrons. The first kappa shape index (κ1) is 14.2. The minimum Gasteiger partial charge on any atom is -0.341 e. The van der Waals surface area contributed by atoms with Crippen molar-refractivity contribution in [1.82, 2.24) is 4.90 Å². The molecule has 1 aliphatic carbocycles. The number of carbonyl (C=O) groups is 1. The second-order valence-corrected chi connectivity index (χ2v) is 7.05. The predicted octanol–water partition coefficient (Wildman–Crippen LogP) is 2.11. The van der Waals surface area contributed by atoms with Crippen molar-refractivity contribution in [1.29, 1.82) is 0 Å². The summed E-state index contributed by atoms with van der Waals surface area (Å²) in [6.07, 6.45) is 5.58. The van der Waals surface area contributed by atoms with Crippen LogP contribution < -0.4 is 5.73 Å². The number of rotatable bonds is 3. The summed E-state index contributed by atoms with van der Waals surface area (Å²) in [7, 11) is 0. The largest absolute Gasteiger partial charge is 0.341 e. The maximum atomic E-state index is 12.5. The van der Waals surface area contributed by atoms with Crippen LogP contribution >= 0.6 is 11.8 Å². The fraction of sp³-hybridized carbons (Fsp3) is 0.929. The third-order valence-corrected chi connectivity index (χ3v) is 5.81. The van der Waals surface area contributed by atoms with Crippen molar-refractivity contribution in [2.75, 3.05) is 25.4 Å². The minimum absolute atomic E-state index is 0.286. The Morgan fingerprint density at radius 2 is 2.06 bits per heavy atom. The highest BCUT2D eigenvalue weighted by Gasteiger charge is 2.31. The van der Waals surface area contributed by atoms with Crippen molar-refractivity contribution >= 4 is 17.7 Å². The molecule has 1 heterocycles.